The summed E-state index contributed by atoms with van der Waals surface area (Å²) in [5.41, 5.74) is 1.16. The van der Waals surface area contributed by atoms with Gasteiger partial charge >= 0.3 is 0 Å². The van der Waals surface area contributed by atoms with Crippen LogP contribution < -0.4 is 4.80 Å². The molecule has 0 saturated carbocycles. The smallest absolute Gasteiger partial charge is 0.297 e. The normalized spacial score (nSPS) is 11.9. The number of carbonyl (C=O) groups excluding carboxylic acids is 1. The van der Waals surface area contributed by atoms with Crippen molar-refractivity contribution in [2.45, 2.75) is 26.9 Å². The molecule has 0 radical (unpaired) electrons. The lowest BCUT2D eigenvalue weighted by Gasteiger charge is -2.02. The van der Waals surface area contributed by atoms with Crippen LogP contribution in [0.15, 0.2) is 23.2 Å². The molecule has 0 atom stereocenters. The highest BCUT2D eigenvalue weighted by Crippen LogP contribution is 2.22. The zero-order valence-corrected chi connectivity index (χ0v) is 14.4. The molecule has 3 aromatic rings. The Labute approximate surface area is 146 Å². The second-order valence-corrected chi connectivity index (χ2v) is 6.32. The molecule has 3 rings (SSSR count). The molecule has 128 valence electrons. The van der Waals surface area contributed by atoms with Gasteiger partial charge in [0, 0.05) is 12.6 Å². The van der Waals surface area contributed by atoms with E-state index in [0.717, 1.165) is 17.4 Å². The van der Waals surface area contributed by atoms with Gasteiger partial charge in [-0.15, -0.1) is 6.42 Å². The molecule has 0 aliphatic rings. The molecule has 0 saturated heterocycles. The lowest BCUT2D eigenvalue weighted by atomic mass is 10.3. The molecule has 1 amide bonds. The van der Waals surface area contributed by atoms with Gasteiger partial charge in [-0.2, -0.15) is 10.1 Å². The standard InChI is InChI=1S/C17H14F2N4OS/c1-4-6-22-15-12(19)8-11(18)9-14(15)25-17(22)20-16(24)13-7-10(3)21-23(13)5-2/h1,7-9H,5-6H2,2-3H3. The zero-order chi connectivity index (χ0) is 18.1. The first kappa shape index (κ1) is 17.0. The average molecular weight is 360 g/mol. The maximum atomic E-state index is 14.2. The molecular formula is C17H14F2N4OS. The summed E-state index contributed by atoms with van der Waals surface area (Å²) < 4.78 is 30.9. The number of halogens is 2. The minimum atomic E-state index is -0.746. The minimum absolute atomic E-state index is 0.0146. The van der Waals surface area contributed by atoms with Crippen LogP contribution in [0.25, 0.3) is 10.2 Å². The fourth-order valence-electron chi connectivity index (χ4n) is 2.56. The van der Waals surface area contributed by atoms with Crippen LogP contribution in [0, 0.1) is 30.9 Å². The first-order valence-corrected chi connectivity index (χ1v) is 8.31. The van der Waals surface area contributed by atoms with E-state index in [1.54, 1.807) is 17.7 Å². The van der Waals surface area contributed by atoms with Crippen molar-refractivity contribution in [1.82, 2.24) is 14.3 Å². The molecule has 5 nitrogen and oxygen atoms in total. The van der Waals surface area contributed by atoms with Gasteiger partial charge in [-0.25, -0.2) is 8.78 Å². The molecule has 1 aromatic carbocycles. The SMILES string of the molecule is C#CCn1c(=NC(=O)c2cc(C)nn2CC)sc2cc(F)cc(F)c21. The molecule has 0 unspecified atom stereocenters. The van der Waals surface area contributed by atoms with Gasteiger partial charge in [0.15, 0.2) is 10.6 Å². The summed E-state index contributed by atoms with van der Waals surface area (Å²) in [6.07, 6.45) is 5.35. The summed E-state index contributed by atoms with van der Waals surface area (Å²) in [6, 6.07) is 3.61. The lowest BCUT2D eigenvalue weighted by Crippen LogP contribution is -2.18. The highest BCUT2D eigenvalue weighted by atomic mass is 32.1. The summed E-state index contributed by atoms with van der Waals surface area (Å²) in [7, 11) is 0. The van der Waals surface area contributed by atoms with E-state index in [1.807, 2.05) is 6.92 Å². The van der Waals surface area contributed by atoms with Crippen molar-refractivity contribution in [2.75, 3.05) is 0 Å². The molecule has 0 N–H and O–H groups in total. The molecular weight excluding hydrogens is 346 g/mol. The number of hydrogen-bond donors (Lipinski definition) is 0. The molecule has 0 spiro atoms. The van der Waals surface area contributed by atoms with Crippen molar-refractivity contribution >= 4 is 27.5 Å². The highest BCUT2D eigenvalue weighted by molar-refractivity contribution is 7.16. The van der Waals surface area contributed by atoms with Crippen molar-refractivity contribution in [2.24, 2.45) is 4.99 Å². The van der Waals surface area contributed by atoms with E-state index in [4.69, 9.17) is 6.42 Å². The molecule has 2 aromatic heterocycles. The van der Waals surface area contributed by atoms with Gasteiger partial charge in [0.2, 0.25) is 0 Å². The van der Waals surface area contributed by atoms with E-state index in [-0.39, 0.29) is 16.9 Å². The molecule has 0 fully saturated rings. The van der Waals surface area contributed by atoms with Crippen LogP contribution in [0.5, 0.6) is 0 Å². The van der Waals surface area contributed by atoms with Crippen LogP contribution in [0.4, 0.5) is 8.78 Å². The Morgan fingerprint density at radius 3 is 2.84 bits per heavy atom. The largest absolute Gasteiger partial charge is 0.302 e. The van der Waals surface area contributed by atoms with Crippen molar-refractivity contribution in [3.63, 3.8) is 0 Å². The number of rotatable bonds is 3. The predicted molar refractivity (Wildman–Crippen MR) is 91.1 cm³/mol. The fraction of sp³-hybridized carbons (Fsp3) is 0.235. The quantitative estimate of drug-likeness (QED) is 0.675. The van der Waals surface area contributed by atoms with Crippen molar-refractivity contribution < 1.29 is 13.6 Å². The van der Waals surface area contributed by atoms with Crippen LogP contribution >= 0.6 is 11.3 Å². The Bertz CT molecular complexity index is 1080. The maximum absolute atomic E-state index is 14.2. The lowest BCUT2D eigenvalue weighted by molar-refractivity contribution is 0.0987. The topological polar surface area (TPSA) is 52.2 Å². The number of terminal acetylenes is 1. The number of fused-ring (bicyclic) bond motifs is 1. The number of aryl methyl sites for hydroxylation is 2. The van der Waals surface area contributed by atoms with E-state index in [2.05, 4.69) is 16.0 Å². The summed E-state index contributed by atoms with van der Waals surface area (Å²) >= 11 is 1.01. The van der Waals surface area contributed by atoms with E-state index < -0.39 is 17.5 Å². The van der Waals surface area contributed by atoms with E-state index >= 15 is 0 Å². The Kier molecular flexibility index (Phi) is 4.51. The van der Waals surface area contributed by atoms with Gasteiger partial charge in [-0.3, -0.25) is 9.48 Å². The van der Waals surface area contributed by atoms with Crippen molar-refractivity contribution in [1.29, 1.82) is 0 Å². The monoisotopic (exact) mass is 360 g/mol. The van der Waals surface area contributed by atoms with Gasteiger partial charge in [0.05, 0.1) is 22.5 Å². The van der Waals surface area contributed by atoms with Crippen LogP contribution in [0.2, 0.25) is 0 Å². The highest BCUT2D eigenvalue weighted by Gasteiger charge is 2.16. The number of benzene rings is 1. The minimum Gasteiger partial charge on any atom is -0.302 e. The van der Waals surface area contributed by atoms with Crippen LogP contribution in [-0.4, -0.2) is 20.3 Å². The molecule has 25 heavy (non-hydrogen) atoms. The van der Waals surface area contributed by atoms with E-state index in [1.165, 1.54) is 10.6 Å². The summed E-state index contributed by atoms with van der Waals surface area (Å²) in [6.45, 7) is 4.17. The van der Waals surface area contributed by atoms with Gasteiger partial charge < -0.3 is 4.57 Å². The zero-order valence-electron chi connectivity index (χ0n) is 13.6. The fourth-order valence-corrected chi connectivity index (χ4v) is 3.62. The average Bonchev–Trinajstić information content (AvgIpc) is 3.08. The number of amides is 1. The number of nitrogens with zero attached hydrogens (tertiary/aromatic N) is 4. The van der Waals surface area contributed by atoms with Crippen LogP contribution in [0.3, 0.4) is 0 Å². The number of hydrogen-bond acceptors (Lipinski definition) is 3. The first-order chi connectivity index (χ1) is 11.9. The third-order valence-corrected chi connectivity index (χ3v) is 4.59. The third kappa shape index (κ3) is 3.10. The third-order valence-electron chi connectivity index (χ3n) is 3.56. The number of carbonyl (C=O) groups is 1. The first-order valence-electron chi connectivity index (χ1n) is 7.50. The molecule has 0 aliphatic heterocycles. The molecule has 0 bridgehead atoms. The van der Waals surface area contributed by atoms with Gasteiger partial charge in [-0.05, 0) is 26.0 Å². The summed E-state index contributed by atoms with van der Waals surface area (Å²) in [5.74, 6) is 0.448. The summed E-state index contributed by atoms with van der Waals surface area (Å²) in [4.78, 5) is 16.8. The summed E-state index contributed by atoms with van der Waals surface area (Å²) in [5, 5.41) is 4.21. The molecule has 2 heterocycles. The van der Waals surface area contributed by atoms with Crippen LogP contribution in [0.1, 0.15) is 23.1 Å². The Morgan fingerprint density at radius 2 is 2.16 bits per heavy atom. The van der Waals surface area contributed by atoms with Gasteiger partial charge in [0.25, 0.3) is 5.91 Å². The number of thiazole rings is 1. The van der Waals surface area contributed by atoms with Crippen LogP contribution in [-0.2, 0) is 13.1 Å². The number of aromatic nitrogens is 3. The second kappa shape index (κ2) is 6.61. The molecule has 0 aliphatic carbocycles. The van der Waals surface area contributed by atoms with Crippen molar-refractivity contribution in [3.05, 3.63) is 46.0 Å². The second-order valence-electron chi connectivity index (χ2n) is 5.31. The Balaban J connectivity index is 2.22. The van der Waals surface area contributed by atoms with Gasteiger partial charge in [-0.1, -0.05) is 17.3 Å². The molecule has 8 heteroatoms. The van der Waals surface area contributed by atoms with E-state index in [0.29, 0.717) is 22.6 Å². The van der Waals surface area contributed by atoms with E-state index in [9.17, 15) is 13.6 Å². The van der Waals surface area contributed by atoms with Crippen molar-refractivity contribution in [3.8, 4) is 12.3 Å². The maximum Gasteiger partial charge on any atom is 0.297 e. The van der Waals surface area contributed by atoms with Gasteiger partial charge in [0.1, 0.15) is 11.5 Å². The Morgan fingerprint density at radius 1 is 1.40 bits per heavy atom. The Hall–Kier alpha value is -2.79. The predicted octanol–water partition coefficient (Wildman–Crippen LogP) is 2.88.